The third-order valence-corrected chi connectivity index (χ3v) is 3.58. The van der Waals surface area contributed by atoms with Crippen LogP contribution in [0.4, 0.5) is 16.2 Å². The highest BCUT2D eigenvalue weighted by Gasteiger charge is 2.15. The number of urea groups is 1. The molecule has 0 aliphatic carbocycles. The van der Waals surface area contributed by atoms with Crippen molar-refractivity contribution in [2.45, 2.75) is 34.1 Å². The van der Waals surface area contributed by atoms with Gasteiger partial charge in [-0.3, -0.25) is 4.79 Å². The lowest BCUT2D eigenvalue weighted by Gasteiger charge is -2.11. The smallest absolute Gasteiger partial charge is 0.323 e. The Kier molecular flexibility index (Phi) is 5.57. The molecule has 0 atom stereocenters. The van der Waals surface area contributed by atoms with Crippen LogP contribution in [-0.2, 0) is 6.42 Å². The van der Waals surface area contributed by atoms with Crippen molar-refractivity contribution in [2.24, 2.45) is 0 Å². The Morgan fingerprint density at radius 3 is 2.54 bits per heavy atom. The topological polar surface area (TPSA) is 96.3 Å². The van der Waals surface area contributed by atoms with Gasteiger partial charge in [0.1, 0.15) is 11.4 Å². The predicted molar refractivity (Wildman–Crippen MR) is 92.4 cm³/mol. The number of rotatable bonds is 5. The number of carbonyl (C=O) groups excluding carboxylic acids is 2. The van der Waals surface area contributed by atoms with Crippen molar-refractivity contribution in [2.75, 3.05) is 17.2 Å². The highest BCUT2D eigenvalue weighted by atomic mass is 16.5. The summed E-state index contributed by atoms with van der Waals surface area (Å²) in [6, 6.07) is 4.74. The van der Waals surface area contributed by atoms with E-state index in [1.165, 1.54) is 0 Å². The van der Waals surface area contributed by atoms with Gasteiger partial charge in [0.25, 0.3) is 5.91 Å². The van der Waals surface area contributed by atoms with Crippen molar-refractivity contribution in [3.8, 4) is 0 Å². The van der Waals surface area contributed by atoms with Gasteiger partial charge in [0, 0.05) is 17.8 Å². The molecule has 0 bridgehead atoms. The Morgan fingerprint density at radius 1 is 1.17 bits per heavy atom. The molecule has 3 amide bonds. The Hall–Kier alpha value is -2.83. The summed E-state index contributed by atoms with van der Waals surface area (Å²) in [4.78, 5) is 24.0. The Labute approximate surface area is 140 Å². The van der Waals surface area contributed by atoms with Gasteiger partial charge < -0.3 is 20.5 Å². The lowest BCUT2D eigenvalue weighted by molar-refractivity contribution is 0.0955. The minimum Gasteiger partial charge on any atom is -0.359 e. The summed E-state index contributed by atoms with van der Waals surface area (Å²) in [5.74, 6) is 0.426. The third kappa shape index (κ3) is 3.92. The maximum absolute atomic E-state index is 12.2. The first-order valence-corrected chi connectivity index (χ1v) is 7.88. The number of nitrogens with one attached hydrogen (secondary N) is 3. The van der Waals surface area contributed by atoms with Gasteiger partial charge in [-0.15, -0.1) is 0 Å². The van der Waals surface area contributed by atoms with Gasteiger partial charge >= 0.3 is 6.03 Å². The molecule has 2 aromatic rings. The molecule has 0 fully saturated rings. The molecule has 1 aromatic heterocycles. The van der Waals surface area contributed by atoms with E-state index in [0.29, 0.717) is 41.4 Å². The van der Waals surface area contributed by atoms with Gasteiger partial charge in [-0.1, -0.05) is 12.1 Å². The Bertz CT molecular complexity index is 752. The van der Waals surface area contributed by atoms with Crippen LogP contribution < -0.4 is 16.0 Å². The molecule has 24 heavy (non-hydrogen) atoms. The fourth-order valence-electron chi connectivity index (χ4n) is 2.29. The number of benzene rings is 1. The van der Waals surface area contributed by atoms with E-state index in [-0.39, 0.29) is 11.9 Å². The van der Waals surface area contributed by atoms with Crippen LogP contribution in [0.15, 0.2) is 22.7 Å². The van der Waals surface area contributed by atoms with E-state index in [4.69, 9.17) is 4.52 Å². The van der Waals surface area contributed by atoms with Gasteiger partial charge in [-0.05, 0) is 51.0 Å². The predicted octanol–water partition coefficient (Wildman–Crippen LogP) is 3.25. The van der Waals surface area contributed by atoms with Crippen LogP contribution in [0.5, 0.6) is 0 Å². The van der Waals surface area contributed by atoms with Crippen LogP contribution in [0.1, 0.15) is 41.2 Å². The van der Waals surface area contributed by atoms with Gasteiger partial charge in [0.2, 0.25) is 0 Å². The number of anilines is 2. The summed E-state index contributed by atoms with van der Waals surface area (Å²) in [6.45, 7) is 7.94. The van der Waals surface area contributed by atoms with Gasteiger partial charge in [0.05, 0.1) is 0 Å². The summed E-state index contributed by atoms with van der Waals surface area (Å²) < 4.78 is 5.09. The average Bonchev–Trinajstić information content (AvgIpc) is 2.89. The number of hydrogen-bond acceptors (Lipinski definition) is 4. The maximum Gasteiger partial charge on any atom is 0.323 e. The number of amides is 3. The van der Waals surface area contributed by atoms with E-state index in [2.05, 4.69) is 21.1 Å². The molecular formula is C17H22N4O3. The first-order chi connectivity index (χ1) is 11.5. The zero-order valence-electron chi connectivity index (χ0n) is 14.3. The van der Waals surface area contributed by atoms with Gasteiger partial charge in [-0.2, -0.15) is 0 Å². The molecule has 0 radical (unpaired) electrons. The first kappa shape index (κ1) is 17.5. The van der Waals surface area contributed by atoms with Crippen LogP contribution in [0, 0.1) is 13.8 Å². The van der Waals surface area contributed by atoms with E-state index in [1.54, 1.807) is 25.1 Å². The Morgan fingerprint density at radius 2 is 1.92 bits per heavy atom. The molecule has 3 N–H and O–H groups in total. The quantitative estimate of drug-likeness (QED) is 0.784. The van der Waals surface area contributed by atoms with E-state index < -0.39 is 0 Å². The van der Waals surface area contributed by atoms with E-state index in [0.717, 1.165) is 5.56 Å². The number of aromatic nitrogens is 1. The summed E-state index contributed by atoms with van der Waals surface area (Å²) in [5.41, 5.74) is 3.28. The van der Waals surface area contributed by atoms with Crippen molar-refractivity contribution < 1.29 is 14.1 Å². The molecular weight excluding hydrogens is 308 g/mol. The third-order valence-electron chi connectivity index (χ3n) is 3.58. The molecule has 0 spiro atoms. The summed E-state index contributed by atoms with van der Waals surface area (Å²) >= 11 is 0. The highest BCUT2D eigenvalue weighted by molar-refractivity contribution is 6.01. The molecule has 7 nitrogen and oxygen atoms in total. The Balaban J connectivity index is 2.09. The fraction of sp³-hybridized carbons (Fsp3) is 0.353. The standard InChI is InChI=1S/C17H22N4O3/c1-5-13-15(11(4)24-21-13)20-17(23)19-14-8-7-12(9-10(14)3)16(22)18-6-2/h7-9H,5-6H2,1-4H3,(H,18,22)(H2,19,20,23). The molecule has 1 heterocycles. The molecule has 7 heteroatoms. The lowest BCUT2D eigenvalue weighted by Crippen LogP contribution is -2.23. The van der Waals surface area contributed by atoms with Gasteiger partial charge in [-0.25, -0.2) is 4.79 Å². The van der Waals surface area contributed by atoms with Crippen molar-refractivity contribution in [1.82, 2.24) is 10.5 Å². The van der Waals surface area contributed by atoms with Crippen LogP contribution in [0.2, 0.25) is 0 Å². The second-order valence-corrected chi connectivity index (χ2v) is 5.38. The average molecular weight is 330 g/mol. The van der Waals surface area contributed by atoms with Gasteiger partial charge in [0.15, 0.2) is 5.76 Å². The molecule has 0 aliphatic rings. The molecule has 1 aromatic carbocycles. The van der Waals surface area contributed by atoms with Crippen LogP contribution in [0.3, 0.4) is 0 Å². The van der Waals surface area contributed by atoms with Crippen molar-refractivity contribution in [3.05, 3.63) is 40.8 Å². The first-order valence-electron chi connectivity index (χ1n) is 7.88. The summed E-state index contributed by atoms with van der Waals surface area (Å²) in [6.07, 6.45) is 0.660. The summed E-state index contributed by atoms with van der Waals surface area (Å²) in [7, 11) is 0. The molecule has 2 rings (SSSR count). The van der Waals surface area contributed by atoms with E-state index in [9.17, 15) is 9.59 Å². The normalized spacial score (nSPS) is 10.3. The van der Waals surface area contributed by atoms with E-state index >= 15 is 0 Å². The van der Waals surface area contributed by atoms with E-state index in [1.807, 2.05) is 20.8 Å². The number of nitrogens with zero attached hydrogens (tertiary/aromatic N) is 1. The molecule has 0 unspecified atom stereocenters. The lowest BCUT2D eigenvalue weighted by atomic mass is 10.1. The molecule has 0 saturated carbocycles. The zero-order chi connectivity index (χ0) is 17.7. The second kappa shape index (κ2) is 7.63. The second-order valence-electron chi connectivity index (χ2n) is 5.38. The van der Waals surface area contributed by atoms with Crippen molar-refractivity contribution >= 4 is 23.3 Å². The van der Waals surface area contributed by atoms with Crippen molar-refractivity contribution in [3.63, 3.8) is 0 Å². The van der Waals surface area contributed by atoms with Crippen LogP contribution in [-0.4, -0.2) is 23.6 Å². The van der Waals surface area contributed by atoms with Crippen molar-refractivity contribution in [1.29, 1.82) is 0 Å². The van der Waals surface area contributed by atoms with Crippen LogP contribution >= 0.6 is 0 Å². The monoisotopic (exact) mass is 330 g/mol. The fourth-order valence-corrected chi connectivity index (χ4v) is 2.29. The zero-order valence-corrected chi connectivity index (χ0v) is 14.3. The minimum absolute atomic E-state index is 0.135. The van der Waals surface area contributed by atoms with Crippen LogP contribution in [0.25, 0.3) is 0 Å². The molecule has 128 valence electrons. The molecule has 0 saturated heterocycles. The number of aryl methyl sites for hydroxylation is 3. The highest BCUT2D eigenvalue weighted by Crippen LogP contribution is 2.21. The minimum atomic E-state index is -0.384. The largest absolute Gasteiger partial charge is 0.359 e. The maximum atomic E-state index is 12.2. The molecule has 0 aliphatic heterocycles. The number of hydrogen-bond donors (Lipinski definition) is 3. The summed E-state index contributed by atoms with van der Waals surface area (Å²) in [5, 5.41) is 12.2. The SMILES string of the molecule is CCNC(=O)c1ccc(NC(=O)Nc2c(CC)noc2C)c(C)c1. The number of carbonyl (C=O) groups is 2.